The number of hydrogen-bond acceptors (Lipinski definition) is 3. The van der Waals surface area contributed by atoms with Crippen molar-refractivity contribution in [3.8, 4) is 0 Å². The lowest BCUT2D eigenvalue weighted by atomic mass is 10.1. The highest BCUT2D eigenvalue weighted by molar-refractivity contribution is 8.00. The molecule has 0 spiro atoms. The predicted molar refractivity (Wildman–Crippen MR) is 73.6 cm³/mol. The van der Waals surface area contributed by atoms with Crippen LogP contribution in [0, 0.1) is 5.82 Å². The minimum atomic E-state index is -3.61. The second kappa shape index (κ2) is 5.13. The van der Waals surface area contributed by atoms with Crippen molar-refractivity contribution in [2.24, 2.45) is 4.99 Å². The molecule has 0 radical (unpaired) electrons. The van der Waals surface area contributed by atoms with Gasteiger partial charge in [0.25, 0.3) is 10.0 Å². The van der Waals surface area contributed by atoms with Crippen LogP contribution in [0.4, 0.5) is 4.39 Å². The minimum absolute atomic E-state index is 0.169. The fourth-order valence-electron chi connectivity index (χ4n) is 1.91. The van der Waals surface area contributed by atoms with Gasteiger partial charge in [-0.2, -0.15) is 0 Å². The number of aliphatic imine (C=N–C) groups is 1. The molecule has 0 amide bonds. The van der Waals surface area contributed by atoms with Gasteiger partial charge in [0.1, 0.15) is 16.6 Å². The van der Waals surface area contributed by atoms with E-state index >= 15 is 0 Å². The Balaban J connectivity index is 2.52. The smallest absolute Gasteiger partial charge is 0.264 e. The van der Waals surface area contributed by atoms with Gasteiger partial charge < -0.3 is 0 Å². The molecule has 1 aliphatic heterocycles. The normalized spacial score (nSPS) is 19.8. The maximum absolute atomic E-state index is 12.9. The Morgan fingerprint density at radius 2 is 1.89 bits per heavy atom. The number of amidine groups is 1. The van der Waals surface area contributed by atoms with Crippen molar-refractivity contribution in [1.29, 1.82) is 0 Å². The van der Waals surface area contributed by atoms with Gasteiger partial charge in [0, 0.05) is 12.1 Å². The number of benzene rings is 1. The highest BCUT2D eigenvalue weighted by Crippen LogP contribution is 2.29. The lowest BCUT2D eigenvalue weighted by molar-refractivity contribution is 0.603. The molecule has 0 fully saturated rings. The monoisotopic (exact) mass is 282 g/mol. The zero-order valence-electron chi connectivity index (χ0n) is 10.8. The summed E-state index contributed by atoms with van der Waals surface area (Å²) in [6, 6.07) is 5.39. The SMILES string of the molecule is CCCN=C1NS(=O)(=O)C(c2ccc(F)cc2)=C1C. The largest absolute Gasteiger partial charge is 0.268 e. The first-order valence-corrected chi connectivity index (χ1v) is 7.48. The van der Waals surface area contributed by atoms with E-state index in [2.05, 4.69) is 9.71 Å². The van der Waals surface area contributed by atoms with Crippen molar-refractivity contribution in [1.82, 2.24) is 4.72 Å². The summed E-state index contributed by atoms with van der Waals surface area (Å²) in [5.41, 5.74) is 1.04. The van der Waals surface area contributed by atoms with Crippen LogP contribution in [0.2, 0.25) is 0 Å². The van der Waals surface area contributed by atoms with Gasteiger partial charge in [-0.3, -0.25) is 9.71 Å². The highest BCUT2D eigenvalue weighted by atomic mass is 32.2. The molecule has 0 atom stereocenters. The molecule has 2 rings (SSSR count). The summed E-state index contributed by atoms with van der Waals surface area (Å²) in [6.45, 7) is 4.23. The van der Waals surface area contributed by atoms with Crippen LogP contribution in [0.1, 0.15) is 25.8 Å². The molecule has 102 valence electrons. The molecule has 19 heavy (non-hydrogen) atoms. The van der Waals surface area contributed by atoms with Crippen molar-refractivity contribution in [2.75, 3.05) is 6.54 Å². The molecule has 6 heteroatoms. The molecule has 1 aromatic carbocycles. The first-order chi connectivity index (χ1) is 8.95. The van der Waals surface area contributed by atoms with Gasteiger partial charge in [-0.1, -0.05) is 19.1 Å². The van der Waals surface area contributed by atoms with Crippen molar-refractivity contribution < 1.29 is 12.8 Å². The average Bonchev–Trinajstić information content (AvgIpc) is 2.58. The van der Waals surface area contributed by atoms with E-state index in [4.69, 9.17) is 0 Å². The summed E-state index contributed by atoms with van der Waals surface area (Å²) in [5, 5.41) is 0. The van der Waals surface area contributed by atoms with E-state index in [1.807, 2.05) is 6.92 Å². The third kappa shape index (κ3) is 2.68. The predicted octanol–water partition coefficient (Wildman–Crippen LogP) is 2.30. The molecule has 0 saturated carbocycles. The molecule has 0 aliphatic carbocycles. The number of rotatable bonds is 3. The summed E-state index contributed by atoms with van der Waals surface area (Å²) >= 11 is 0. The van der Waals surface area contributed by atoms with Gasteiger partial charge in [0.2, 0.25) is 0 Å². The summed E-state index contributed by atoms with van der Waals surface area (Å²) < 4.78 is 39.5. The molecule has 0 saturated heterocycles. The first-order valence-electron chi connectivity index (χ1n) is 6.00. The van der Waals surface area contributed by atoms with Gasteiger partial charge in [0.15, 0.2) is 0 Å². The zero-order valence-corrected chi connectivity index (χ0v) is 11.6. The second-order valence-corrected chi connectivity index (χ2v) is 5.92. The molecule has 0 bridgehead atoms. The quantitative estimate of drug-likeness (QED) is 0.924. The molecule has 1 heterocycles. The van der Waals surface area contributed by atoms with Crippen LogP contribution >= 0.6 is 0 Å². The number of nitrogens with zero attached hydrogens (tertiary/aromatic N) is 1. The van der Waals surface area contributed by atoms with E-state index in [0.29, 0.717) is 23.5 Å². The summed E-state index contributed by atoms with van der Waals surface area (Å²) in [7, 11) is -3.61. The van der Waals surface area contributed by atoms with Crippen LogP contribution in [0.3, 0.4) is 0 Å². The summed E-state index contributed by atoms with van der Waals surface area (Å²) in [5.74, 6) is -0.0218. The Labute approximate surface area is 112 Å². The van der Waals surface area contributed by atoms with E-state index in [1.165, 1.54) is 24.3 Å². The second-order valence-electron chi connectivity index (χ2n) is 4.30. The van der Waals surface area contributed by atoms with Crippen LogP contribution in [0.5, 0.6) is 0 Å². The van der Waals surface area contributed by atoms with E-state index in [0.717, 1.165) is 6.42 Å². The average molecular weight is 282 g/mol. The van der Waals surface area contributed by atoms with Crippen molar-refractivity contribution in [3.05, 3.63) is 41.2 Å². The zero-order chi connectivity index (χ0) is 14.0. The molecular formula is C13H15FN2O2S. The van der Waals surface area contributed by atoms with Crippen LogP contribution < -0.4 is 4.72 Å². The lowest BCUT2D eigenvalue weighted by Gasteiger charge is -2.02. The van der Waals surface area contributed by atoms with E-state index < -0.39 is 15.8 Å². The Morgan fingerprint density at radius 1 is 1.26 bits per heavy atom. The Kier molecular flexibility index (Phi) is 3.71. The van der Waals surface area contributed by atoms with Crippen molar-refractivity contribution >= 4 is 20.8 Å². The van der Waals surface area contributed by atoms with Gasteiger partial charge in [0.05, 0.1) is 0 Å². The van der Waals surface area contributed by atoms with Crippen LogP contribution in [0.15, 0.2) is 34.8 Å². The fraction of sp³-hybridized carbons (Fsp3) is 0.308. The van der Waals surface area contributed by atoms with Crippen LogP contribution in [-0.2, 0) is 10.0 Å². The maximum Gasteiger partial charge on any atom is 0.264 e. The number of halogens is 1. The molecule has 1 aromatic rings. The van der Waals surface area contributed by atoms with Gasteiger partial charge in [-0.25, -0.2) is 12.8 Å². The van der Waals surface area contributed by atoms with E-state index in [9.17, 15) is 12.8 Å². The third-order valence-electron chi connectivity index (χ3n) is 2.80. The summed E-state index contributed by atoms with van der Waals surface area (Å²) in [6.07, 6.45) is 0.838. The van der Waals surface area contributed by atoms with Crippen molar-refractivity contribution in [2.45, 2.75) is 20.3 Å². The molecule has 1 aliphatic rings. The Morgan fingerprint density at radius 3 is 2.47 bits per heavy atom. The molecular weight excluding hydrogens is 267 g/mol. The first kappa shape index (κ1) is 13.7. The number of sulfonamides is 1. The Hall–Kier alpha value is -1.69. The van der Waals surface area contributed by atoms with E-state index in [1.54, 1.807) is 6.92 Å². The van der Waals surface area contributed by atoms with Crippen LogP contribution in [0.25, 0.3) is 4.91 Å². The molecule has 1 N–H and O–H groups in total. The number of hydrogen-bond donors (Lipinski definition) is 1. The van der Waals surface area contributed by atoms with Crippen LogP contribution in [-0.4, -0.2) is 20.8 Å². The topological polar surface area (TPSA) is 58.5 Å². The maximum atomic E-state index is 12.9. The summed E-state index contributed by atoms with van der Waals surface area (Å²) in [4.78, 5) is 4.37. The van der Waals surface area contributed by atoms with Gasteiger partial charge in [-0.05, 0) is 31.0 Å². The van der Waals surface area contributed by atoms with Gasteiger partial charge in [-0.15, -0.1) is 0 Å². The highest BCUT2D eigenvalue weighted by Gasteiger charge is 2.32. The fourth-order valence-corrected chi connectivity index (χ4v) is 3.43. The standard InChI is InChI=1S/C13H15FN2O2S/c1-3-8-15-13-9(2)12(19(17,18)16-13)10-4-6-11(14)7-5-10/h4-7H,3,8H2,1-2H3,(H,15,16). The number of nitrogens with one attached hydrogen (secondary N) is 1. The molecule has 0 unspecified atom stereocenters. The lowest BCUT2D eigenvalue weighted by Crippen LogP contribution is -2.23. The Bertz CT molecular complexity index is 646. The third-order valence-corrected chi connectivity index (χ3v) is 4.34. The van der Waals surface area contributed by atoms with E-state index in [-0.39, 0.29) is 4.91 Å². The van der Waals surface area contributed by atoms with Gasteiger partial charge >= 0.3 is 0 Å². The molecule has 0 aromatic heterocycles. The molecule has 4 nitrogen and oxygen atoms in total. The minimum Gasteiger partial charge on any atom is -0.268 e. The van der Waals surface area contributed by atoms with Crippen molar-refractivity contribution in [3.63, 3.8) is 0 Å².